The van der Waals surface area contributed by atoms with Crippen molar-refractivity contribution in [2.24, 2.45) is 0 Å². The normalized spacial score (nSPS) is 33.1. The Morgan fingerprint density at radius 1 is 1.30 bits per heavy atom. The second-order valence-corrected chi connectivity index (χ2v) is 5.94. The lowest BCUT2D eigenvalue weighted by Crippen LogP contribution is -2.45. The molecule has 0 aliphatic carbocycles. The summed E-state index contributed by atoms with van der Waals surface area (Å²) in [6, 6.07) is 10.1. The fourth-order valence-electron chi connectivity index (χ4n) is 3.49. The Bertz CT molecular complexity index is 476. The summed E-state index contributed by atoms with van der Waals surface area (Å²) in [4.78, 5) is 14.2. The Balaban J connectivity index is 1.55. The molecule has 2 saturated heterocycles. The van der Waals surface area contributed by atoms with E-state index in [4.69, 9.17) is 4.74 Å². The zero-order valence-electron chi connectivity index (χ0n) is 11.7. The highest BCUT2D eigenvalue weighted by molar-refractivity contribution is 5.72. The van der Waals surface area contributed by atoms with Gasteiger partial charge in [0.15, 0.2) is 0 Å². The van der Waals surface area contributed by atoms with E-state index in [1.54, 1.807) is 0 Å². The quantitative estimate of drug-likeness (QED) is 0.847. The maximum Gasteiger partial charge on any atom is 0.310 e. The van der Waals surface area contributed by atoms with Gasteiger partial charge < -0.3 is 9.84 Å². The lowest BCUT2D eigenvalue weighted by atomic mass is 10.00. The summed E-state index contributed by atoms with van der Waals surface area (Å²) in [5.41, 5.74) is 0.980. The Labute approximate surface area is 119 Å². The largest absolute Gasteiger partial charge is 0.462 e. The van der Waals surface area contributed by atoms with Crippen molar-refractivity contribution in [2.45, 2.75) is 50.0 Å². The topological polar surface area (TPSA) is 49.8 Å². The number of aliphatic hydroxyl groups is 1. The number of fused-ring (bicyclic) bond motifs is 2. The molecule has 1 N–H and O–H groups in total. The maximum atomic E-state index is 12.0. The van der Waals surface area contributed by atoms with Gasteiger partial charge in [0.25, 0.3) is 0 Å². The third-order valence-corrected chi connectivity index (χ3v) is 4.59. The molecule has 2 aliphatic heterocycles. The molecule has 20 heavy (non-hydrogen) atoms. The third kappa shape index (κ3) is 2.72. The number of piperidine rings is 1. The second-order valence-electron chi connectivity index (χ2n) is 5.94. The predicted molar refractivity (Wildman–Crippen MR) is 75.2 cm³/mol. The van der Waals surface area contributed by atoms with Crippen LogP contribution in [0.5, 0.6) is 0 Å². The van der Waals surface area contributed by atoms with Gasteiger partial charge in [0.2, 0.25) is 0 Å². The number of likely N-dealkylation sites (N-methyl/N-ethyl adjacent to an activating group) is 1. The second kappa shape index (κ2) is 5.54. The standard InChI is InChI=1S/C16H21NO3/c1-17-12-8-13(10-14(17)15(18)9-12)20-16(19)7-11-5-3-2-4-6-11/h2-6,12-15,18H,7-10H2,1H3/t12-,13?,14+,15?/m1/s1. The molecule has 2 heterocycles. The van der Waals surface area contributed by atoms with Crippen LogP contribution in [-0.4, -0.2) is 47.3 Å². The Hall–Kier alpha value is -1.39. The number of rotatable bonds is 3. The van der Waals surface area contributed by atoms with Crippen LogP contribution in [-0.2, 0) is 16.0 Å². The van der Waals surface area contributed by atoms with E-state index in [-0.39, 0.29) is 24.2 Å². The minimum absolute atomic E-state index is 0.0467. The Morgan fingerprint density at radius 3 is 2.75 bits per heavy atom. The van der Waals surface area contributed by atoms with E-state index in [1.807, 2.05) is 37.4 Å². The molecule has 2 aliphatic rings. The van der Waals surface area contributed by atoms with Gasteiger partial charge in [-0.2, -0.15) is 0 Å². The van der Waals surface area contributed by atoms with Crippen molar-refractivity contribution in [3.63, 3.8) is 0 Å². The number of hydrogen-bond donors (Lipinski definition) is 1. The van der Waals surface area contributed by atoms with Gasteiger partial charge in [0, 0.05) is 24.9 Å². The average molecular weight is 275 g/mol. The van der Waals surface area contributed by atoms with Gasteiger partial charge in [-0.05, 0) is 19.0 Å². The number of benzene rings is 1. The maximum absolute atomic E-state index is 12.0. The zero-order chi connectivity index (χ0) is 14.1. The smallest absolute Gasteiger partial charge is 0.310 e. The van der Waals surface area contributed by atoms with Crippen LogP contribution in [0.4, 0.5) is 0 Å². The van der Waals surface area contributed by atoms with E-state index < -0.39 is 0 Å². The molecule has 2 bridgehead atoms. The van der Waals surface area contributed by atoms with Crippen molar-refractivity contribution in [3.8, 4) is 0 Å². The van der Waals surface area contributed by atoms with Crippen molar-refractivity contribution in [3.05, 3.63) is 35.9 Å². The minimum atomic E-state index is -0.275. The van der Waals surface area contributed by atoms with Crippen molar-refractivity contribution < 1.29 is 14.6 Å². The number of carbonyl (C=O) groups excluding carboxylic acids is 1. The first-order valence-corrected chi connectivity index (χ1v) is 7.27. The van der Waals surface area contributed by atoms with Crippen LogP contribution in [0.3, 0.4) is 0 Å². The summed E-state index contributed by atoms with van der Waals surface area (Å²) in [5.74, 6) is -0.167. The number of ether oxygens (including phenoxy) is 1. The van der Waals surface area contributed by atoms with E-state index in [0.717, 1.165) is 24.8 Å². The summed E-state index contributed by atoms with van der Waals surface area (Å²) < 4.78 is 5.60. The summed E-state index contributed by atoms with van der Waals surface area (Å²) in [7, 11) is 2.05. The van der Waals surface area contributed by atoms with Gasteiger partial charge in [0.05, 0.1) is 12.5 Å². The predicted octanol–water partition coefficient (Wildman–Crippen LogP) is 1.37. The minimum Gasteiger partial charge on any atom is -0.462 e. The first-order valence-electron chi connectivity index (χ1n) is 7.27. The van der Waals surface area contributed by atoms with Crippen molar-refractivity contribution in [2.75, 3.05) is 7.05 Å². The van der Waals surface area contributed by atoms with Crippen LogP contribution in [0.15, 0.2) is 30.3 Å². The van der Waals surface area contributed by atoms with Crippen LogP contribution < -0.4 is 0 Å². The summed E-state index contributed by atoms with van der Waals surface area (Å²) in [5, 5.41) is 9.97. The molecule has 1 aromatic rings. The number of aliphatic hydroxyl groups excluding tert-OH is 1. The molecule has 4 heteroatoms. The van der Waals surface area contributed by atoms with Gasteiger partial charge in [-0.15, -0.1) is 0 Å². The fourth-order valence-corrected chi connectivity index (χ4v) is 3.49. The van der Waals surface area contributed by atoms with Gasteiger partial charge in [-0.1, -0.05) is 30.3 Å². The summed E-state index contributed by atoms with van der Waals surface area (Å²) in [6.45, 7) is 0. The molecule has 0 radical (unpaired) electrons. The number of carbonyl (C=O) groups is 1. The van der Waals surface area contributed by atoms with Gasteiger partial charge in [-0.25, -0.2) is 0 Å². The zero-order valence-corrected chi connectivity index (χ0v) is 11.7. The van der Waals surface area contributed by atoms with E-state index in [2.05, 4.69) is 4.90 Å². The Kier molecular flexibility index (Phi) is 3.76. The van der Waals surface area contributed by atoms with Gasteiger partial charge in [0.1, 0.15) is 6.10 Å². The summed E-state index contributed by atoms with van der Waals surface area (Å²) >= 11 is 0. The lowest BCUT2D eigenvalue weighted by molar-refractivity contribution is -0.151. The van der Waals surface area contributed by atoms with Crippen LogP contribution in [0.1, 0.15) is 24.8 Å². The van der Waals surface area contributed by atoms with E-state index >= 15 is 0 Å². The molecular formula is C16H21NO3. The molecule has 0 spiro atoms. The molecule has 4 atom stereocenters. The molecule has 0 saturated carbocycles. The number of nitrogens with zero attached hydrogens (tertiary/aromatic N) is 1. The SMILES string of the molecule is CN1[C@@H]2CC(OC(=O)Cc3ccccc3)C[C@H]1C(O)C2. The Morgan fingerprint density at radius 2 is 2.05 bits per heavy atom. The molecule has 2 fully saturated rings. The molecule has 2 unspecified atom stereocenters. The van der Waals surface area contributed by atoms with Crippen LogP contribution >= 0.6 is 0 Å². The fraction of sp³-hybridized carbons (Fsp3) is 0.562. The molecule has 0 amide bonds. The van der Waals surface area contributed by atoms with Crippen LogP contribution in [0, 0.1) is 0 Å². The van der Waals surface area contributed by atoms with Crippen molar-refractivity contribution >= 4 is 5.97 Å². The van der Waals surface area contributed by atoms with E-state index in [9.17, 15) is 9.90 Å². The molecule has 4 nitrogen and oxygen atoms in total. The third-order valence-electron chi connectivity index (χ3n) is 4.59. The highest BCUT2D eigenvalue weighted by atomic mass is 16.5. The number of esters is 1. The molecule has 108 valence electrons. The van der Waals surface area contributed by atoms with Gasteiger partial charge >= 0.3 is 5.97 Å². The van der Waals surface area contributed by atoms with E-state index in [1.165, 1.54) is 0 Å². The molecule has 3 rings (SSSR count). The lowest BCUT2D eigenvalue weighted by Gasteiger charge is -2.36. The monoisotopic (exact) mass is 275 g/mol. The molecule has 0 aromatic heterocycles. The van der Waals surface area contributed by atoms with Crippen molar-refractivity contribution in [1.29, 1.82) is 0 Å². The van der Waals surface area contributed by atoms with Crippen molar-refractivity contribution in [1.82, 2.24) is 4.90 Å². The first-order chi connectivity index (χ1) is 9.63. The first kappa shape index (κ1) is 13.6. The molecular weight excluding hydrogens is 254 g/mol. The van der Waals surface area contributed by atoms with Gasteiger partial charge in [-0.3, -0.25) is 9.69 Å². The van der Waals surface area contributed by atoms with Crippen LogP contribution in [0.25, 0.3) is 0 Å². The molecule has 1 aromatic carbocycles. The van der Waals surface area contributed by atoms with Crippen LogP contribution in [0.2, 0.25) is 0 Å². The number of hydrogen-bond acceptors (Lipinski definition) is 4. The highest BCUT2D eigenvalue weighted by Crippen LogP contribution is 2.35. The average Bonchev–Trinajstić information content (AvgIpc) is 2.59. The summed E-state index contributed by atoms with van der Waals surface area (Å²) in [6.07, 6.45) is 2.38. The highest BCUT2D eigenvalue weighted by Gasteiger charge is 2.45. The van der Waals surface area contributed by atoms with E-state index in [0.29, 0.717) is 12.5 Å².